The van der Waals surface area contributed by atoms with Crippen molar-refractivity contribution < 1.29 is 27.2 Å². The lowest BCUT2D eigenvalue weighted by Crippen LogP contribution is -2.49. The molecule has 2 saturated carbocycles. The molecule has 1 aromatic heterocycles. The first kappa shape index (κ1) is 24.7. The molecule has 3 aliphatic rings. The lowest BCUT2D eigenvalue weighted by molar-refractivity contribution is -0.137. The summed E-state index contributed by atoms with van der Waals surface area (Å²) >= 11 is 0. The molecule has 1 N–H and O–H groups in total. The SMILES string of the molecule is C[C@@H]1C[C@H](C(=O)N[C@@H](c2ccc(C(F)(F)F)cc2F)C2CC2)N(C(=O)c2cncc(C3CC3)c2)[C@@H]1C. The van der Waals surface area contributed by atoms with Crippen LogP contribution in [0.15, 0.2) is 36.7 Å². The van der Waals surface area contributed by atoms with Crippen LogP contribution in [0.4, 0.5) is 17.6 Å². The van der Waals surface area contributed by atoms with Crippen molar-refractivity contribution in [1.29, 1.82) is 0 Å². The third kappa shape index (κ3) is 4.84. The molecule has 5 rings (SSSR count). The number of hydrogen-bond acceptors (Lipinski definition) is 3. The lowest BCUT2D eigenvalue weighted by Gasteiger charge is -2.30. The largest absolute Gasteiger partial charge is 0.416 e. The normalized spacial score (nSPS) is 25.1. The van der Waals surface area contributed by atoms with Crippen molar-refractivity contribution in [3.8, 4) is 0 Å². The standard InChI is InChI=1S/C27H29F4N3O2/c1-14-9-23(34(15(14)2)26(36)19-10-18(12-32-13-19)16-3-4-16)25(35)33-24(17-5-6-17)21-8-7-20(11-22(21)28)27(29,30)31/h7-8,10-17,23-24H,3-6,9H2,1-2H3,(H,33,35)/t14-,15-,23-,24-/m1/s1. The van der Waals surface area contributed by atoms with Crippen LogP contribution in [0.5, 0.6) is 0 Å². The zero-order valence-electron chi connectivity index (χ0n) is 20.2. The van der Waals surface area contributed by atoms with Crippen LogP contribution >= 0.6 is 0 Å². The van der Waals surface area contributed by atoms with E-state index in [1.807, 2.05) is 19.9 Å². The first-order chi connectivity index (χ1) is 17.0. The fourth-order valence-electron chi connectivity index (χ4n) is 5.23. The maximum absolute atomic E-state index is 14.8. The topological polar surface area (TPSA) is 62.3 Å². The van der Waals surface area contributed by atoms with Gasteiger partial charge in [0.25, 0.3) is 5.91 Å². The van der Waals surface area contributed by atoms with Crippen LogP contribution in [0, 0.1) is 17.7 Å². The Morgan fingerprint density at radius 2 is 1.81 bits per heavy atom. The Morgan fingerprint density at radius 3 is 2.42 bits per heavy atom. The Morgan fingerprint density at radius 1 is 1.08 bits per heavy atom. The summed E-state index contributed by atoms with van der Waals surface area (Å²) in [4.78, 5) is 32.9. The second-order valence-electron chi connectivity index (χ2n) is 10.5. The molecule has 1 aromatic carbocycles. The number of nitrogens with zero attached hydrogens (tertiary/aromatic N) is 2. The molecular weight excluding hydrogens is 474 g/mol. The molecule has 4 atom stereocenters. The number of pyridine rings is 1. The van der Waals surface area contributed by atoms with E-state index in [0.29, 0.717) is 24.0 Å². The predicted molar refractivity (Wildman–Crippen MR) is 124 cm³/mol. The lowest BCUT2D eigenvalue weighted by atomic mass is 9.98. The van der Waals surface area contributed by atoms with Gasteiger partial charge < -0.3 is 10.2 Å². The van der Waals surface area contributed by atoms with Gasteiger partial charge in [0.1, 0.15) is 11.9 Å². The molecule has 2 aliphatic carbocycles. The van der Waals surface area contributed by atoms with Crippen molar-refractivity contribution in [3.63, 3.8) is 0 Å². The van der Waals surface area contributed by atoms with Crippen LogP contribution in [0.1, 0.15) is 85.0 Å². The van der Waals surface area contributed by atoms with E-state index in [1.165, 1.54) is 6.20 Å². The second-order valence-corrected chi connectivity index (χ2v) is 10.5. The zero-order chi connectivity index (χ0) is 25.8. The zero-order valence-corrected chi connectivity index (χ0v) is 20.2. The van der Waals surface area contributed by atoms with Crippen molar-refractivity contribution >= 4 is 11.8 Å². The van der Waals surface area contributed by atoms with Gasteiger partial charge in [-0.05, 0) is 80.5 Å². The fraction of sp³-hybridized carbons (Fsp3) is 0.519. The number of likely N-dealkylation sites (tertiary alicyclic amines) is 1. The summed E-state index contributed by atoms with van der Waals surface area (Å²) in [7, 11) is 0. The molecule has 36 heavy (non-hydrogen) atoms. The van der Waals surface area contributed by atoms with Crippen molar-refractivity contribution in [2.75, 3.05) is 0 Å². The number of carbonyl (C=O) groups is 2. The third-order valence-corrected chi connectivity index (χ3v) is 7.84. The highest BCUT2D eigenvalue weighted by atomic mass is 19.4. The molecule has 3 fully saturated rings. The molecule has 9 heteroatoms. The number of hydrogen-bond donors (Lipinski definition) is 1. The Bertz CT molecular complexity index is 1180. The van der Waals surface area contributed by atoms with E-state index >= 15 is 0 Å². The number of amides is 2. The molecule has 0 radical (unpaired) electrons. The smallest absolute Gasteiger partial charge is 0.347 e. The van der Waals surface area contributed by atoms with Gasteiger partial charge in [0.05, 0.1) is 17.2 Å². The number of halogens is 4. The summed E-state index contributed by atoms with van der Waals surface area (Å²) in [6, 6.07) is 2.58. The van der Waals surface area contributed by atoms with E-state index in [9.17, 15) is 27.2 Å². The molecule has 0 spiro atoms. The number of aromatic nitrogens is 1. The van der Waals surface area contributed by atoms with Crippen LogP contribution in [-0.2, 0) is 11.0 Å². The van der Waals surface area contributed by atoms with Crippen LogP contribution in [0.3, 0.4) is 0 Å². The minimum atomic E-state index is -4.65. The summed E-state index contributed by atoms with van der Waals surface area (Å²) < 4.78 is 53.8. The number of alkyl halides is 3. The van der Waals surface area contributed by atoms with E-state index in [1.54, 1.807) is 11.1 Å². The molecule has 192 valence electrons. The number of rotatable bonds is 6. The van der Waals surface area contributed by atoms with E-state index < -0.39 is 35.5 Å². The van der Waals surface area contributed by atoms with Crippen molar-refractivity contribution in [2.24, 2.45) is 11.8 Å². The van der Waals surface area contributed by atoms with E-state index in [4.69, 9.17) is 0 Å². The summed E-state index contributed by atoms with van der Waals surface area (Å²) in [6.07, 6.45) is 2.71. The summed E-state index contributed by atoms with van der Waals surface area (Å²) in [5.41, 5.74) is 0.429. The van der Waals surface area contributed by atoms with Gasteiger partial charge >= 0.3 is 6.18 Å². The molecule has 0 unspecified atom stereocenters. The van der Waals surface area contributed by atoms with Gasteiger partial charge in [-0.15, -0.1) is 0 Å². The Labute approximate surface area is 207 Å². The first-order valence-corrected chi connectivity index (χ1v) is 12.5. The number of benzene rings is 1. The number of carbonyl (C=O) groups excluding carboxylic acids is 2. The fourth-order valence-corrected chi connectivity index (χ4v) is 5.23. The van der Waals surface area contributed by atoms with E-state index in [2.05, 4.69) is 10.3 Å². The summed E-state index contributed by atoms with van der Waals surface area (Å²) in [5.74, 6) is -1.25. The van der Waals surface area contributed by atoms with E-state index in [0.717, 1.165) is 43.4 Å². The Hall–Kier alpha value is -2.97. The Kier molecular flexibility index (Phi) is 6.29. The van der Waals surface area contributed by atoms with Gasteiger partial charge in [0.2, 0.25) is 5.91 Å². The van der Waals surface area contributed by atoms with Crippen molar-refractivity contribution in [3.05, 3.63) is 64.7 Å². The Balaban J connectivity index is 1.38. The van der Waals surface area contributed by atoms with Gasteiger partial charge in [0.15, 0.2) is 0 Å². The maximum Gasteiger partial charge on any atom is 0.416 e. The molecule has 2 aromatic rings. The predicted octanol–water partition coefficient (Wildman–Crippen LogP) is 5.62. The molecule has 5 nitrogen and oxygen atoms in total. The summed E-state index contributed by atoms with van der Waals surface area (Å²) in [5, 5.41) is 2.88. The quantitative estimate of drug-likeness (QED) is 0.521. The third-order valence-electron chi connectivity index (χ3n) is 7.84. The molecule has 1 saturated heterocycles. The maximum atomic E-state index is 14.8. The van der Waals surface area contributed by atoms with Gasteiger partial charge in [-0.3, -0.25) is 14.6 Å². The van der Waals surface area contributed by atoms with Crippen LogP contribution < -0.4 is 5.32 Å². The molecule has 0 bridgehead atoms. The number of nitrogens with one attached hydrogen (secondary N) is 1. The first-order valence-electron chi connectivity index (χ1n) is 12.5. The second kappa shape index (κ2) is 9.16. The molecule has 2 amide bonds. The van der Waals surface area contributed by atoms with Gasteiger partial charge in [-0.1, -0.05) is 13.0 Å². The highest BCUT2D eigenvalue weighted by molar-refractivity contribution is 5.98. The minimum Gasteiger partial charge on any atom is -0.347 e. The van der Waals surface area contributed by atoms with Gasteiger partial charge in [-0.25, -0.2) is 4.39 Å². The van der Waals surface area contributed by atoms with Gasteiger partial charge in [-0.2, -0.15) is 13.2 Å². The van der Waals surface area contributed by atoms with Crippen LogP contribution in [0.25, 0.3) is 0 Å². The van der Waals surface area contributed by atoms with Crippen LogP contribution in [-0.4, -0.2) is 33.8 Å². The van der Waals surface area contributed by atoms with Gasteiger partial charge in [0, 0.05) is 24.0 Å². The average Bonchev–Trinajstić information content (AvgIpc) is 3.75. The molecule has 1 aliphatic heterocycles. The average molecular weight is 504 g/mol. The highest BCUT2D eigenvalue weighted by Crippen LogP contribution is 2.43. The highest BCUT2D eigenvalue weighted by Gasteiger charge is 2.45. The van der Waals surface area contributed by atoms with Crippen molar-refractivity contribution in [1.82, 2.24) is 15.2 Å². The minimum absolute atomic E-state index is 0.0390. The molecule has 2 heterocycles. The van der Waals surface area contributed by atoms with E-state index in [-0.39, 0.29) is 29.3 Å². The van der Waals surface area contributed by atoms with Crippen LogP contribution in [0.2, 0.25) is 0 Å². The summed E-state index contributed by atoms with van der Waals surface area (Å²) in [6.45, 7) is 3.88. The monoisotopic (exact) mass is 503 g/mol. The van der Waals surface area contributed by atoms with Crippen molar-refractivity contribution in [2.45, 2.75) is 76.2 Å². The molecular formula is C27H29F4N3O2.